The summed E-state index contributed by atoms with van der Waals surface area (Å²) in [6.07, 6.45) is 4.92. The van der Waals surface area contributed by atoms with Gasteiger partial charge in [-0.1, -0.05) is 5.16 Å². The van der Waals surface area contributed by atoms with E-state index >= 15 is 0 Å². The Morgan fingerprint density at radius 1 is 1.53 bits per heavy atom. The highest BCUT2D eigenvalue weighted by molar-refractivity contribution is 5.86. The fourth-order valence-corrected chi connectivity index (χ4v) is 1.78. The third kappa shape index (κ3) is 2.40. The Morgan fingerprint density at radius 2 is 2.32 bits per heavy atom. The lowest BCUT2D eigenvalue weighted by Gasteiger charge is -2.03. The zero-order valence-electron chi connectivity index (χ0n) is 9.94. The second-order valence-corrected chi connectivity index (χ2v) is 4.52. The molecule has 1 N–H and O–H groups in total. The number of nitrogens with zero attached hydrogens (tertiary/aromatic N) is 3. The van der Waals surface area contributed by atoms with Gasteiger partial charge in [0.05, 0.1) is 6.54 Å². The Bertz CT molecular complexity index is 684. The molecule has 1 fully saturated rings. The van der Waals surface area contributed by atoms with E-state index in [2.05, 4.69) is 10.1 Å². The van der Waals surface area contributed by atoms with E-state index in [4.69, 9.17) is 9.63 Å². The number of pyridine rings is 1. The van der Waals surface area contributed by atoms with Crippen LogP contribution >= 0.6 is 0 Å². The van der Waals surface area contributed by atoms with Crippen LogP contribution in [0.25, 0.3) is 0 Å². The van der Waals surface area contributed by atoms with Gasteiger partial charge in [-0.3, -0.25) is 4.79 Å². The van der Waals surface area contributed by atoms with E-state index in [-0.39, 0.29) is 12.1 Å². The summed E-state index contributed by atoms with van der Waals surface area (Å²) in [5.74, 6) is 0.243. The average Bonchev–Trinajstić information content (AvgIpc) is 3.12. The highest BCUT2D eigenvalue weighted by atomic mass is 16.5. The van der Waals surface area contributed by atoms with Crippen molar-refractivity contribution in [3.63, 3.8) is 0 Å². The minimum atomic E-state index is -1.24. The van der Waals surface area contributed by atoms with Crippen LogP contribution in [0.1, 0.15) is 40.8 Å². The third-order valence-electron chi connectivity index (χ3n) is 2.94. The fourth-order valence-electron chi connectivity index (χ4n) is 1.78. The van der Waals surface area contributed by atoms with Crippen molar-refractivity contribution in [2.24, 2.45) is 0 Å². The Hall–Kier alpha value is -2.44. The number of hydrogen-bond donors (Lipinski definition) is 1. The van der Waals surface area contributed by atoms with E-state index in [1.165, 1.54) is 18.5 Å². The lowest BCUT2D eigenvalue weighted by molar-refractivity contribution is 0.0694. The van der Waals surface area contributed by atoms with Gasteiger partial charge >= 0.3 is 5.97 Å². The predicted octanol–water partition coefficient (Wildman–Crippen LogP) is 0.855. The lowest BCUT2D eigenvalue weighted by Crippen LogP contribution is -2.17. The summed E-state index contributed by atoms with van der Waals surface area (Å²) in [6, 6.07) is 1.21. The van der Waals surface area contributed by atoms with E-state index in [1.54, 1.807) is 4.57 Å². The Labute approximate surface area is 107 Å². The molecule has 7 nitrogen and oxygen atoms in total. The second-order valence-electron chi connectivity index (χ2n) is 4.52. The number of carboxylic acid groups (broad SMARTS) is 1. The summed E-state index contributed by atoms with van der Waals surface area (Å²) in [5, 5.41) is 12.7. The molecule has 3 rings (SSSR count). The van der Waals surface area contributed by atoms with Crippen molar-refractivity contribution in [3.05, 3.63) is 46.0 Å². The lowest BCUT2D eigenvalue weighted by atomic mass is 10.3. The van der Waals surface area contributed by atoms with Crippen molar-refractivity contribution in [1.29, 1.82) is 0 Å². The molecule has 0 spiro atoms. The number of hydrogen-bond acceptors (Lipinski definition) is 5. The first-order valence-electron chi connectivity index (χ1n) is 5.89. The van der Waals surface area contributed by atoms with Crippen LogP contribution in [-0.2, 0) is 6.54 Å². The first-order chi connectivity index (χ1) is 9.13. The molecular weight excluding hydrogens is 250 g/mol. The molecule has 98 valence electrons. The smallest absolute Gasteiger partial charge is 0.341 e. The minimum absolute atomic E-state index is 0.270. The number of aromatic carboxylic acids is 1. The molecule has 7 heteroatoms. The standard InChI is InChI=1S/C12H11N3O4/c16-9-3-4-15(5-8(9)12(17)18)6-10-13-11(19-14-10)7-1-2-7/h3-5,7H,1-2,6H2,(H,17,18). The molecule has 1 saturated carbocycles. The van der Waals surface area contributed by atoms with E-state index in [0.29, 0.717) is 17.6 Å². The highest BCUT2D eigenvalue weighted by Gasteiger charge is 2.29. The first kappa shape index (κ1) is 11.6. The summed E-state index contributed by atoms with van der Waals surface area (Å²) in [4.78, 5) is 26.4. The Kier molecular flexibility index (Phi) is 2.66. The molecule has 2 aromatic rings. The molecule has 19 heavy (non-hydrogen) atoms. The van der Waals surface area contributed by atoms with E-state index in [1.807, 2.05) is 0 Å². The fraction of sp³-hybridized carbons (Fsp3) is 0.333. The number of carboxylic acids is 1. The van der Waals surface area contributed by atoms with Gasteiger partial charge in [0.1, 0.15) is 5.56 Å². The van der Waals surface area contributed by atoms with Crippen molar-refractivity contribution in [3.8, 4) is 0 Å². The van der Waals surface area contributed by atoms with E-state index < -0.39 is 11.4 Å². The van der Waals surface area contributed by atoms with Gasteiger partial charge in [0.25, 0.3) is 0 Å². The number of rotatable bonds is 4. The zero-order chi connectivity index (χ0) is 13.4. The maximum absolute atomic E-state index is 11.3. The van der Waals surface area contributed by atoms with Crippen LogP contribution in [0.4, 0.5) is 0 Å². The van der Waals surface area contributed by atoms with Gasteiger partial charge < -0.3 is 14.2 Å². The zero-order valence-corrected chi connectivity index (χ0v) is 9.94. The topological polar surface area (TPSA) is 98.2 Å². The SMILES string of the molecule is O=C(O)c1cn(Cc2noc(C3CC3)n2)ccc1=O. The maximum Gasteiger partial charge on any atom is 0.341 e. The van der Waals surface area contributed by atoms with Gasteiger partial charge in [0.15, 0.2) is 11.3 Å². The summed E-state index contributed by atoms with van der Waals surface area (Å²) < 4.78 is 6.66. The molecule has 1 aliphatic rings. The monoisotopic (exact) mass is 261 g/mol. The molecule has 2 aromatic heterocycles. The van der Waals surface area contributed by atoms with Crippen molar-refractivity contribution in [1.82, 2.24) is 14.7 Å². The van der Waals surface area contributed by atoms with Crippen LogP contribution < -0.4 is 5.43 Å². The van der Waals surface area contributed by atoms with E-state index in [0.717, 1.165) is 12.8 Å². The summed E-state index contributed by atoms with van der Waals surface area (Å²) in [7, 11) is 0. The van der Waals surface area contributed by atoms with Crippen LogP contribution in [0.15, 0.2) is 27.8 Å². The van der Waals surface area contributed by atoms with Gasteiger partial charge in [-0.05, 0) is 12.8 Å². The summed E-state index contributed by atoms with van der Waals surface area (Å²) >= 11 is 0. The van der Waals surface area contributed by atoms with Crippen LogP contribution in [0.5, 0.6) is 0 Å². The molecule has 0 atom stereocenters. The van der Waals surface area contributed by atoms with Gasteiger partial charge in [-0.15, -0.1) is 0 Å². The Morgan fingerprint density at radius 3 is 3.00 bits per heavy atom. The largest absolute Gasteiger partial charge is 0.477 e. The normalized spacial score (nSPS) is 14.5. The molecule has 0 aromatic carbocycles. The number of aromatic nitrogens is 3. The van der Waals surface area contributed by atoms with Crippen molar-refractivity contribution in [2.75, 3.05) is 0 Å². The van der Waals surface area contributed by atoms with Crippen LogP contribution in [0.2, 0.25) is 0 Å². The van der Waals surface area contributed by atoms with E-state index in [9.17, 15) is 9.59 Å². The summed E-state index contributed by atoms with van der Waals surface area (Å²) in [6.45, 7) is 0.275. The second kappa shape index (κ2) is 4.34. The average molecular weight is 261 g/mol. The molecule has 0 unspecified atom stereocenters. The van der Waals surface area contributed by atoms with Crippen LogP contribution in [0, 0.1) is 0 Å². The van der Waals surface area contributed by atoms with Gasteiger partial charge in [0, 0.05) is 24.4 Å². The minimum Gasteiger partial charge on any atom is -0.477 e. The van der Waals surface area contributed by atoms with Crippen molar-refractivity contribution in [2.45, 2.75) is 25.3 Å². The molecule has 1 aliphatic carbocycles. The summed E-state index contributed by atoms with van der Waals surface area (Å²) in [5.41, 5.74) is -0.788. The quantitative estimate of drug-likeness (QED) is 0.876. The van der Waals surface area contributed by atoms with Gasteiger partial charge in [-0.25, -0.2) is 4.79 Å². The van der Waals surface area contributed by atoms with Crippen molar-refractivity contribution < 1.29 is 14.4 Å². The van der Waals surface area contributed by atoms with Crippen molar-refractivity contribution >= 4 is 5.97 Å². The third-order valence-corrected chi connectivity index (χ3v) is 2.94. The molecule has 0 saturated heterocycles. The molecular formula is C12H11N3O4. The Balaban J connectivity index is 1.83. The molecule has 0 radical (unpaired) electrons. The molecule has 2 heterocycles. The predicted molar refractivity (Wildman–Crippen MR) is 63.0 cm³/mol. The molecule has 0 bridgehead atoms. The molecule has 0 amide bonds. The molecule has 0 aliphatic heterocycles. The first-order valence-corrected chi connectivity index (χ1v) is 5.89. The van der Waals surface area contributed by atoms with Crippen LogP contribution in [-0.4, -0.2) is 25.8 Å². The highest BCUT2D eigenvalue weighted by Crippen LogP contribution is 2.38. The van der Waals surface area contributed by atoms with Gasteiger partial charge in [-0.2, -0.15) is 4.98 Å². The van der Waals surface area contributed by atoms with Crippen LogP contribution in [0.3, 0.4) is 0 Å². The maximum atomic E-state index is 11.3. The number of carbonyl (C=O) groups is 1. The van der Waals surface area contributed by atoms with Gasteiger partial charge in [0.2, 0.25) is 5.89 Å².